The summed E-state index contributed by atoms with van der Waals surface area (Å²) in [5.74, 6) is -1.63. The van der Waals surface area contributed by atoms with Crippen molar-refractivity contribution < 1.29 is 14.7 Å². The van der Waals surface area contributed by atoms with Gasteiger partial charge in [0.25, 0.3) is 0 Å². The van der Waals surface area contributed by atoms with Crippen molar-refractivity contribution in [2.24, 2.45) is 5.73 Å². The first-order chi connectivity index (χ1) is 7.50. The summed E-state index contributed by atoms with van der Waals surface area (Å²) in [6.07, 6.45) is 0.553. The van der Waals surface area contributed by atoms with Crippen LogP contribution in [0.3, 0.4) is 0 Å². The van der Waals surface area contributed by atoms with Crippen LogP contribution in [-0.2, 0) is 16.0 Å². The minimum absolute atomic E-state index is 0.157. The number of primary amides is 1. The molecule has 5 nitrogen and oxygen atoms in total. The van der Waals surface area contributed by atoms with E-state index >= 15 is 0 Å². The van der Waals surface area contributed by atoms with Gasteiger partial charge in [-0.2, -0.15) is 0 Å². The number of phenols is 1. The standard InChI is InChI=1S/C10H11BrN2O3/c11-7-5-6(1-2-8(7)14)3-4-13-10(16)9(12)15/h1-2,5,14H,3-4H2,(H2,12,15)(H,13,16). The van der Waals surface area contributed by atoms with E-state index in [0.717, 1.165) is 5.56 Å². The molecule has 1 aromatic rings. The van der Waals surface area contributed by atoms with Crippen LogP contribution in [0.1, 0.15) is 5.56 Å². The second-order valence-corrected chi connectivity index (χ2v) is 4.01. The molecule has 0 aliphatic rings. The second-order valence-electron chi connectivity index (χ2n) is 3.16. The second kappa shape index (κ2) is 5.50. The summed E-state index contributed by atoms with van der Waals surface area (Å²) in [6.45, 7) is 0.318. The molecule has 0 atom stereocenters. The number of nitrogens with two attached hydrogens (primary N) is 1. The number of benzene rings is 1. The number of phenolic OH excluding ortho intramolecular Hbond substituents is 1. The van der Waals surface area contributed by atoms with E-state index in [0.29, 0.717) is 17.4 Å². The Labute approximate surface area is 101 Å². The predicted molar refractivity (Wildman–Crippen MR) is 61.7 cm³/mol. The lowest BCUT2D eigenvalue weighted by Gasteiger charge is -2.04. The predicted octanol–water partition coefficient (Wildman–Crippen LogP) is 0.299. The molecule has 0 saturated heterocycles. The van der Waals surface area contributed by atoms with E-state index in [4.69, 9.17) is 5.73 Å². The van der Waals surface area contributed by atoms with Crippen molar-refractivity contribution in [2.75, 3.05) is 6.54 Å². The summed E-state index contributed by atoms with van der Waals surface area (Å²) >= 11 is 3.18. The van der Waals surface area contributed by atoms with Gasteiger partial charge in [0, 0.05) is 6.54 Å². The number of amides is 2. The largest absolute Gasteiger partial charge is 0.507 e. The SMILES string of the molecule is NC(=O)C(=O)NCCc1ccc(O)c(Br)c1. The molecule has 0 unspecified atom stereocenters. The van der Waals surface area contributed by atoms with Gasteiger partial charge in [-0.15, -0.1) is 0 Å². The fourth-order valence-corrected chi connectivity index (χ4v) is 1.54. The van der Waals surface area contributed by atoms with Crippen molar-refractivity contribution in [3.05, 3.63) is 28.2 Å². The number of aromatic hydroxyl groups is 1. The highest BCUT2D eigenvalue weighted by molar-refractivity contribution is 9.10. The van der Waals surface area contributed by atoms with Crippen molar-refractivity contribution in [1.82, 2.24) is 5.32 Å². The van der Waals surface area contributed by atoms with Crippen molar-refractivity contribution in [1.29, 1.82) is 0 Å². The van der Waals surface area contributed by atoms with E-state index in [1.165, 1.54) is 0 Å². The zero-order valence-electron chi connectivity index (χ0n) is 8.37. The Balaban J connectivity index is 2.46. The lowest BCUT2D eigenvalue weighted by molar-refractivity contribution is -0.137. The Hall–Kier alpha value is -1.56. The van der Waals surface area contributed by atoms with Crippen molar-refractivity contribution >= 4 is 27.7 Å². The Morgan fingerprint density at radius 1 is 1.44 bits per heavy atom. The minimum Gasteiger partial charge on any atom is -0.507 e. The van der Waals surface area contributed by atoms with E-state index < -0.39 is 11.8 Å². The van der Waals surface area contributed by atoms with Crippen LogP contribution in [-0.4, -0.2) is 23.5 Å². The van der Waals surface area contributed by atoms with Gasteiger partial charge in [-0.25, -0.2) is 0 Å². The monoisotopic (exact) mass is 286 g/mol. The Morgan fingerprint density at radius 2 is 2.12 bits per heavy atom. The molecule has 0 radical (unpaired) electrons. The zero-order valence-corrected chi connectivity index (χ0v) is 9.95. The highest BCUT2D eigenvalue weighted by Crippen LogP contribution is 2.24. The van der Waals surface area contributed by atoms with E-state index in [9.17, 15) is 14.7 Å². The third kappa shape index (κ3) is 3.54. The van der Waals surface area contributed by atoms with Crippen LogP contribution in [0, 0.1) is 0 Å². The highest BCUT2D eigenvalue weighted by Gasteiger charge is 2.07. The van der Waals surface area contributed by atoms with Gasteiger partial charge in [-0.1, -0.05) is 6.07 Å². The first-order valence-electron chi connectivity index (χ1n) is 4.55. The van der Waals surface area contributed by atoms with Gasteiger partial charge >= 0.3 is 11.8 Å². The molecule has 0 fully saturated rings. The first-order valence-corrected chi connectivity index (χ1v) is 5.35. The van der Waals surface area contributed by atoms with Gasteiger partial charge in [-0.3, -0.25) is 9.59 Å². The minimum atomic E-state index is -0.994. The van der Waals surface area contributed by atoms with Crippen LogP contribution in [0.15, 0.2) is 22.7 Å². The summed E-state index contributed by atoms with van der Waals surface area (Å²) in [6, 6.07) is 5.03. The Kier molecular flexibility index (Phi) is 4.30. The maximum atomic E-state index is 10.8. The smallest absolute Gasteiger partial charge is 0.309 e. The number of hydrogen-bond donors (Lipinski definition) is 3. The van der Waals surface area contributed by atoms with Gasteiger partial charge in [0.2, 0.25) is 0 Å². The van der Waals surface area contributed by atoms with Crippen LogP contribution < -0.4 is 11.1 Å². The van der Waals surface area contributed by atoms with E-state index in [1.807, 2.05) is 0 Å². The molecule has 0 heterocycles. The normalized spacial score (nSPS) is 9.81. The lowest BCUT2D eigenvalue weighted by Crippen LogP contribution is -2.37. The van der Waals surface area contributed by atoms with Crippen molar-refractivity contribution in [3.8, 4) is 5.75 Å². The van der Waals surface area contributed by atoms with Crippen molar-refractivity contribution in [3.63, 3.8) is 0 Å². The average molecular weight is 287 g/mol. The number of nitrogens with one attached hydrogen (secondary N) is 1. The molecule has 2 amide bonds. The lowest BCUT2D eigenvalue weighted by atomic mass is 10.1. The van der Waals surface area contributed by atoms with Crippen LogP contribution in [0.25, 0.3) is 0 Å². The summed E-state index contributed by atoms with van der Waals surface area (Å²) in [5.41, 5.74) is 5.69. The Morgan fingerprint density at radius 3 is 2.69 bits per heavy atom. The van der Waals surface area contributed by atoms with Gasteiger partial charge < -0.3 is 16.2 Å². The molecule has 16 heavy (non-hydrogen) atoms. The third-order valence-corrected chi connectivity index (χ3v) is 2.57. The number of carbonyl (C=O) groups is 2. The van der Waals surface area contributed by atoms with E-state index in [2.05, 4.69) is 21.2 Å². The fraction of sp³-hybridized carbons (Fsp3) is 0.200. The maximum Gasteiger partial charge on any atom is 0.309 e. The molecule has 86 valence electrons. The van der Waals surface area contributed by atoms with Crippen LogP contribution in [0.5, 0.6) is 5.75 Å². The number of halogens is 1. The first kappa shape index (κ1) is 12.5. The number of hydrogen-bond acceptors (Lipinski definition) is 3. The van der Waals surface area contributed by atoms with Gasteiger partial charge in [0.15, 0.2) is 0 Å². The maximum absolute atomic E-state index is 10.8. The molecule has 0 aliphatic carbocycles. The van der Waals surface area contributed by atoms with Crippen LogP contribution in [0.2, 0.25) is 0 Å². The average Bonchev–Trinajstić information content (AvgIpc) is 2.23. The molecule has 4 N–H and O–H groups in total. The van der Waals surface area contributed by atoms with Crippen molar-refractivity contribution in [2.45, 2.75) is 6.42 Å². The molecular weight excluding hydrogens is 276 g/mol. The Bertz CT molecular complexity index is 421. The molecule has 0 aromatic heterocycles. The summed E-state index contributed by atoms with van der Waals surface area (Å²) in [5, 5.41) is 11.6. The number of carbonyl (C=O) groups excluding carboxylic acids is 2. The molecule has 0 spiro atoms. The molecule has 6 heteroatoms. The summed E-state index contributed by atoms with van der Waals surface area (Å²) in [4.78, 5) is 21.2. The molecule has 0 saturated carbocycles. The molecule has 0 aliphatic heterocycles. The molecular formula is C10H11BrN2O3. The van der Waals surface area contributed by atoms with Crippen LogP contribution in [0.4, 0.5) is 0 Å². The van der Waals surface area contributed by atoms with E-state index in [1.54, 1.807) is 18.2 Å². The molecule has 1 aromatic carbocycles. The fourth-order valence-electron chi connectivity index (χ4n) is 1.11. The van der Waals surface area contributed by atoms with Gasteiger partial charge in [-0.05, 0) is 40.0 Å². The molecule has 1 rings (SSSR count). The summed E-state index contributed by atoms with van der Waals surface area (Å²) in [7, 11) is 0. The van der Waals surface area contributed by atoms with Crippen LogP contribution >= 0.6 is 15.9 Å². The number of rotatable bonds is 3. The highest BCUT2D eigenvalue weighted by atomic mass is 79.9. The third-order valence-electron chi connectivity index (χ3n) is 1.94. The quantitative estimate of drug-likeness (QED) is 0.698. The van der Waals surface area contributed by atoms with Gasteiger partial charge in [0.1, 0.15) is 5.75 Å². The van der Waals surface area contributed by atoms with E-state index in [-0.39, 0.29) is 5.75 Å². The zero-order chi connectivity index (χ0) is 12.1. The topological polar surface area (TPSA) is 92.4 Å². The molecule has 0 bridgehead atoms. The summed E-state index contributed by atoms with van der Waals surface area (Å²) < 4.78 is 0.589. The van der Waals surface area contributed by atoms with Gasteiger partial charge in [0.05, 0.1) is 4.47 Å².